The van der Waals surface area contributed by atoms with Gasteiger partial charge in [-0.25, -0.2) is 0 Å². The van der Waals surface area contributed by atoms with Gasteiger partial charge < -0.3 is 4.90 Å². The fourth-order valence-electron chi connectivity index (χ4n) is 3.40. The van der Waals surface area contributed by atoms with Crippen molar-refractivity contribution in [2.24, 2.45) is 5.92 Å². The molecule has 1 aliphatic carbocycles. The number of nitrogens with zero attached hydrogens (tertiary/aromatic N) is 1. The van der Waals surface area contributed by atoms with Crippen molar-refractivity contribution in [1.82, 2.24) is 4.90 Å². The number of likely N-dealkylation sites (tertiary alicyclic amines) is 1. The Morgan fingerprint density at radius 2 is 2.00 bits per heavy atom. The lowest BCUT2D eigenvalue weighted by Crippen LogP contribution is -2.40. The molecule has 2 nitrogen and oxygen atoms in total. The summed E-state index contributed by atoms with van der Waals surface area (Å²) < 4.78 is 0. The van der Waals surface area contributed by atoms with Gasteiger partial charge in [0, 0.05) is 18.5 Å². The third-order valence-corrected chi connectivity index (χ3v) is 4.53. The van der Waals surface area contributed by atoms with Gasteiger partial charge in [0.05, 0.1) is 0 Å². The highest BCUT2D eigenvalue weighted by Gasteiger charge is 2.32. The lowest BCUT2D eigenvalue weighted by Gasteiger charge is -2.30. The number of fused-ring (bicyclic) bond motifs is 1. The predicted molar refractivity (Wildman–Crippen MR) is 72.4 cm³/mol. The van der Waals surface area contributed by atoms with Crippen molar-refractivity contribution >= 4 is 5.91 Å². The van der Waals surface area contributed by atoms with Crippen LogP contribution in [0.15, 0.2) is 24.3 Å². The maximum Gasteiger partial charge on any atom is 0.226 e. The molecule has 3 rings (SSSR count). The first-order valence-corrected chi connectivity index (χ1v) is 7.13. The van der Waals surface area contributed by atoms with Crippen LogP contribution in [0, 0.1) is 5.92 Å². The van der Waals surface area contributed by atoms with E-state index in [1.807, 2.05) is 0 Å². The highest BCUT2D eigenvalue weighted by atomic mass is 16.2. The van der Waals surface area contributed by atoms with Gasteiger partial charge in [0.15, 0.2) is 0 Å². The molecule has 0 spiro atoms. The molecular formula is C16H21NO. The summed E-state index contributed by atoms with van der Waals surface area (Å²) in [7, 11) is 0. The first kappa shape index (κ1) is 11.8. The van der Waals surface area contributed by atoms with E-state index < -0.39 is 0 Å². The van der Waals surface area contributed by atoms with Crippen molar-refractivity contribution in [2.45, 2.75) is 45.1 Å². The van der Waals surface area contributed by atoms with Crippen LogP contribution in [-0.4, -0.2) is 23.4 Å². The largest absolute Gasteiger partial charge is 0.340 e. The summed E-state index contributed by atoms with van der Waals surface area (Å²) >= 11 is 0. The molecule has 0 N–H and O–H groups in total. The Labute approximate surface area is 109 Å². The zero-order valence-corrected chi connectivity index (χ0v) is 11.1. The van der Waals surface area contributed by atoms with Crippen molar-refractivity contribution in [3.8, 4) is 0 Å². The van der Waals surface area contributed by atoms with Gasteiger partial charge in [-0.3, -0.25) is 4.79 Å². The summed E-state index contributed by atoms with van der Waals surface area (Å²) in [6, 6.07) is 9.03. The molecule has 96 valence electrons. The predicted octanol–water partition coefficient (Wildman–Crippen LogP) is 2.80. The minimum Gasteiger partial charge on any atom is -0.340 e. The molecule has 1 amide bonds. The average Bonchev–Trinajstić information content (AvgIpc) is 2.83. The Balaban J connectivity index is 1.74. The molecule has 2 atom stereocenters. The Morgan fingerprint density at radius 3 is 2.72 bits per heavy atom. The summed E-state index contributed by atoms with van der Waals surface area (Å²) in [6.45, 7) is 3.15. The number of carbonyl (C=O) groups excluding carboxylic acids is 1. The maximum atomic E-state index is 12.5. The summed E-state index contributed by atoms with van der Waals surface area (Å²) in [4.78, 5) is 14.7. The molecular weight excluding hydrogens is 222 g/mol. The molecule has 1 saturated heterocycles. The number of hydrogen-bond donors (Lipinski definition) is 0. The molecule has 1 aromatic carbocycles. The summed E-state index contributed by atoms with van der Waals surface area (Å²) in [5.74, 6) is 0.620. The monoisotopic (exact) mass is 243 g/mol. The normalized spacial score (nSPS) is 27.1. The highest BCUT2D eigenvalue weighted by Crippen LogP contribution is 2.29. The third kappa shape index (κ3) is 2.05. The second-order valence-corrected chi connectivity index (χ2v) is 5.73. The first-order chi connectivity index (χ1) is 8.75. The van der Waals surface area contributed by atoms with E-state index in [9.17, 15) is 4.79 Å². The molecule has 1 fully saturated rings. The average molecular weight is 243 g/mol. The van der Waals surface area contributed by atoms with Gasteiger partial charge in [-0.2, -0.15) is 0 Å². The molecule has 0 saturated carbocycles. The fraction of sp³-hybridized carbons (Fsp3) is 0.562. The molecule has 18 heavy (non-hydrogen) atoms. The van der Waals surface area contributed by atoms with Gasteiger partial charge in [0.25, 0.3) is 0 Å². The maximum absolute atomic E-state index is 12.5. The topological polar surface area (TPSA) is 20.3 Å². The molecule has 2 heteroatoms. The molecule has 2 aliphatic rings. The van der Waals surface area contributed by atoms with Crippen molar-refractivity contribution in [3.63, 3.8) is 0 Å². The molecule has 0 bridgehead atoms. The van der Waals surface area contributed by atoms with E-state index in [0.29, 0.717) is 11.9 Å². The van der Waals surface area contributed by atoms with Gasteiger partial charge in [-0.1, -0.05) is 24.3 Å². The van der Waals surface area contributed by atoms with Crippen molar-refractivity contribution < 1.29 is 4.79 Å². The van der Waals surface area contributed by atoms with Crippen LogP contribution < -0.4 is 0 Å². The Bertz CT molecular complexity index is 454. The molecule has 1 aromatic rings. The van der Waals surface area contributed by atoms with E-state index in [4.69, 9.17) is 0 Å². The molecule has 0 radical (unpaired) electrons. The van der Waals surface area contributed by atoms with Crippen LogP contribution in [0.4, 0.5) is 0 Å². The van der Waals surface area contributed by atoms with Crippen LogP contribution in [-0.2, 0) is 17.6 Å². The lowest BCUT2D eigenvalue weighted by molar-refractivity contribution is -0.136. The number of amides is 1. The Hall–Kier alpha value is -1.31. The first-order valence-electron chi connectivity index (χ1n) is 7.13. The minimum atomic E-state index is 0.223. The van der Waals surface area contributed by atoms with Crippen LogP contribution in [0.1, 0.15) is 37.3 Å². The number of benzene rings is 1. The second kappa shape index (κ2) is 4.75. The summed E-state index contributed by atoms with van der Waals surface area (Å²) in [5.41, 5.74) is 2.82. The van der Waals surface area contributed by atoms with E-state index in [-0.39, 0.29) is 5.92 Å². The third-order valence-electron chi connectivity index (χ3n) is 4.53. The van der Waals surface area contributed by atoms with Gasteiger partial charge in [-0.05, 0) is 50.2 Å². The standard InChI is InChI=1S/C16H21NO/c1-12-5-4-10-17(12)16(18)15-9-8-13-6-2-3-7-14(13)11-15/h2-3,6-7,12,15H,4-5,8-11H2,1H3. The number of rotatable bonds is 1. The summed E-state index contributed by atoms with van der Waals surface area (Å²) in [6.07, 6.45) is 5.39. The van der Waals surface area contributed by atoms with E-state index in [1.54, 1.807) is 0 Å². The lowest BCUT2D eigenvalue weighted by atomic mass is 9.83. The molecule has 0 aromatic heterocycles. The van der Waals surface area contributed by atoms with E-state index >= 15 is 0 Å². The number of aryl methyl sites for hydroxylation is 1. The van der Waals surface area contributed by atoms with Crippen LogP contribution in [0.25, 0.3) is 0 Å². The Kier molecular flexibility index (Phi) is 3.11. The molecule has 1 aliphatic heterocycles. The van der Waals surface area contributed by atoms with Gasteiger partial charge in [0.1, 0.15) is 0 Å². The van der Waals surface area contributed by atoms with Crippen LogP contribution >= 0.6 is 0 Å². The zero-order valence-electron chi connectivity index (χ0n) is 11.1. The Morgan fingerprint density at radius 1 is 1.22 bits per heavy atom. The summed E-state index contributed by atoms with van der Waals surface area (Å²) in [5, 5.41) is 0. The van der Waals surface area contributed by atoms with Gasteiger partial charge >= 0.3 is 0 Å². The van der Waals surface area contributed by atoms with Crippen LogP contribution in [0.2, 0.25) is 0 Å². The molecule has 2 unspecified atom stereocenters. The van der Waals surface area contributed by atoms with Crippen molar-refractivity contribution in [1.29, 1.82) is 0 Å². The van der Waals surface area contributed by atoms with Crippen LogP contribution in [0.5, 0.6) is 0 Å². The quantitative estimate of drug-likeness (QED) is 0.742. The van der Waals surface area contributed by atoms with Crippen LogP contribution in [0.3, 0.4) is 0 Å². The SMILES string of the molecule is CC1CCCN1C(=O)C1CCc2ccccc2C1. The fourth-order valence-corrected chi connectivity index (χ4v) is 3.40. The van der Waals surface area contributed by atoms with Crippen molar-refractivity contribution in [2.75, 3.05) is 6.54 Å². The van der Waals surface area contributed by atoms with E-state index in [0.717, 1.165) is 25.8 Å². The smallest absolute Gasteiger partial charge is 0.226 e. The van der Waals surface area contributed by atoms with E-state index in [1.165, 1.54) is 24.0 Å². The zero-order chi connectivity index (χ0) is 12.5. The van der Waals surface area contributed by atoms with Gasteiger partial charge in [-0.15, -0.1) is 0 Å². The highest BCUT2D eigenvalue weighted by molar-refractivity contribution is 5.80. The van der Waals surface area contributed by atoms with Gasteiger partial charge in [0.2, 0.25) is 5.91 Å². The second-order valence-electron chi connectivity index (χ2n) is 5.73. The van der Waals surface area contributed by atoms with E-state index in [2.05, 4.69) is 36.1 Å². The number of carbonyl (C=O) groups is 1. The van der Waals surface area contributed by atoms with Crippen molar-refractivity contribution in [3.05, 3.63) is 35.4 Å². The number of hydrogen-bond acceptors (Lipinski definition) is 1. The minimum absolute atomic E-state index is 0.223. The molecule has 1 heterocycles.